The molecule has 0 saturated carbocycles. The number of ether oxygens (including phenoxy) is 2. The van der Waals surface area contributed by atoms with Crippen LogP contribution in [0.1, 0.15) is 26.2 Å². The smallest absolute Gasteiger partial charge is 0.196 e. The summed E-state index contributed by atoms with van der Waals surface area (Å²) >= 11 is 0. The molecule has 1 fully saturated rings. The first kappa shape index (κ1) is 8.94. The monoisotopic (exact) mass is 162 g/mol. The second-order valence-corrected chi connectivity index (χ2v) is 2.78. The molecule has 0 N–H and O–H groups in total. The van der Waals surface area contributed by atoms with Crippen molar-refractivity contribution in [2.75, 3.05) is 19.9 Å². The van der Waals surface area contributed by atoms with Crippen LogP contribution < -0.4 is 0 Å². The average molecular weight is 162 g/mol. The molecule has 0 aromatic carbocycles. The minimum Gasteiger partial charge on any atom is -0.348 e. The zero-order valence-corrected chi connectivity index (χ0v) is 6.94. The summed E-state index contributed by atoms with van der Waals surface area (Å²) in [6.07, 6.45) is 2.72. The van der Waals surface area contributed by atoms with Crippen molar-refractivity contribution in [1.29, 1.82) is 0 Å². The molecule has 0 amide bonds. The van der Waals surface area contributed by atoms with E-state index in [1.807, 2.05) is 6.92 Å². The van der Waals surface area contributed by atoms with Crippen molar-refractivity contribution in [1.82, 2.24) is 0 Å². The highest BCUT2D eigenvalue weighted by atomic mass is 19.1. The highest BCUT2D eigenvalue weighted by Gasteiger charge is 2.33. The predicted octanol–water partition coefficient (Wildman–Crippen LogP) is 1.89. The fourth-order valence-electron chi connectivity index (χ4n) is 1.35. The molecule has 0 aliphatic carbocycles. The molecule has 1 unspecified atom stereocenters. The van der Waals surface area contributed by atoms with Gasteiger partial charge in [-0.05, 0) is 19.8 Å². The van der Waals surface area contributed by atoms with Crippen LogP contribution in [0, 0.1) is 0 Å². The molecule has 0 aromatic heterocycles. The third-order valence-electron chi connectivity index (χ3n) is 1.93. The van der Waals surface area contributed by atoms with E-state index < -0.39 is 12.5 Å². The Morgan fingerprint density at radius 1 is 1.55 bits per heavy atom. The van der Waals surface area contributed by atoms with Gasteiger partial charge >= 0.3 is 0 Å². The number of hydrogen-bond acceptors (Lipinski definition) is 2. The zero-order chi connectivity index (χ0) is 8.16. The topological polar surface area (TPSA) is 18.5 Å². The summed E-state index contributed by atoms with van der Waals surface area (Å²) in [7, 11) is 0. The normalized spacial score (nSPS) is 32.2. The Kier molecular flexibility index (Phi) is 3.27. The molecule has 1 aliphatic heterocycles. The van der Waals surface area contributed by atoms with Gasteiger partial charge in [0.1, 0.15) is 6.67 Å². The standard InChI is InChI=1S/C8H15FO2/c1-2-10-8(7-9)5-3-4-6-11-8/h2-7H2,1H3. The lowest BCUT2D eigenvalue weighted by Gasteiger charge is -2.34. The van der Waals surface area contributed by atoms with Gasteiger partial charge in [-0.15, -0.1) is 0 Å². The van der Waals surface area contributed by atoms with Crippen LogP contribution >= 0.6 is 0 Å². The van der Waals surface area contributed by atoms with Gasteiger partial charge in [-0.2, -0.15) is 0 Å². The lowest BCUT2D eigenvalue weighted by Crippen LogP contribution is -2.41. The summed E-state index contributed by atoms with van der Waals surface area (Å²) in [6.45, 7) is 2.48. The van der Waals surface area contributed by atoms with E-state index >= 15 is 0 Å². The second kappa shape index (κ2) is 4.02. The molecule has 0 aromatic rings. The van der Waals surface area contributed by atoms with E-state index in [0.717, 1.165) is 12.8 Å². The Bertz CT molecular complexity index is 105. The fraction of sp³-hybridized carbons (Fsp3) is 1.00. The number of halogens is 1. The highest BCUT2D eigenvalue weighted by molar-refractivity contribution is 4.72. The van der Waals surface area contributed by atoms with Crippen molar-refractivity contribution in [3.05, 3.63) is 0 Å². The fourth-order valence-corrected chi connectivity index (χ4v) is 1.35. The van der Waals surface area contributed by atoms with Gasteiger partial charge in [-0.1, -0.05) is 0 Å². The zero-order valence-electron chi connectivity index (χ0n) is 6.94. The van der Waals surface area contributed by atoms with Crippen molar-refractivity contribution < 1.29 is 13.9 Å². The van der Waals surface area contributed by atoms with Crippen LogP contribution in [0.4, 0.5) is 4.39 Å². The minimum absolute atomic E-state index is 0.518. The van der Waals surface area contributed by atoms with Gasteiger partial charge < -0.3 is 9.47 Å². The maximum atomic E-state index is 12.5. The number of alkyl halides is 1. The minimum atomic E-state index is -0.896. The van der Waals surface area contributed by atoms with Gasteiger partial charge in [0, 0.05) is 13.0 Å². The van der Waals surface area contributed by atoms with Gasteiger partial charge in [0.15, 0.2) is 5.79 Å². The first-order valence-corrected chi connectivity index (χ1v) is 4.17. The largest absolute Gasteiger partial charge is 0.348 e. The van der Waals surface area contributed by atoms with E-state index in [1.165, 1.54) is 0 Å². The summed E-state index contributed by atoms with van der Waals surface area (Å²) in [5.41, 5.74) is 0. The average Bonchev–Trinajstić information content (AvgIpc) is 2.07. The van der Waals surface area contributed by atoms with E-state index in [2.05, 4.69) is 0 Å². The first-order chi connectivity index (χ1) is 5.33. The van der Waals surface area contributed by atoms with Crippen molar-refractivity contribution >= 4 is 0 Å². The molecule has 1 atom stereocenters. The van der Waals surface area contributed by atoms with Crippen LogP contribution in [0.15, 0.2) is 0 Å². The van der Waals surface area contributed by atoms with Crippen molar-refractivity contribution in [3.8, 4) is 0 Å². The lowest BCUT2D eigenvalue weighted by molar-refractivity contribution is -0.260. The van der Waals surface area contributed by atoms with Crippen LogP contribution in [0.25, 0.3) is 0 Å². The molecule has 0 bridgehead atoms. The molecular weight excluding hydrogens is 147 g/mol. The molecule has 1 heterocycles. The van der Waals surface area contributed by atoms with Crippen LogP contribution in [-0.2, 0) is 9.47 Å². The molecule has 1 rings (SSSR count). The van der Waals surface area contributed by atoms with E-state index in [0.29, 0.717) is 19.6 Å². The van der Waals surface area contributed by atoms with E-state index in [1.54, 1.807) is 0 Å². The molecule has 2 nitrogen and oxygen atoms in total. The molecule has 3 heteroatoms. The number of hydrogen-bond donors (Lipinski definition) is 0. The molecular formula is C8H15FO2. The van der Waals surface area contributed by atoms with Crippen molar-refractivity contribution in [3.63, 3.8) is 0 Å². The van der Waals surface area contributed by atoms with Gasteiger partial charge in [-0.3, -0.25) is 0 Å². The van der Waals surface area contributed by atoms with E-state index in [-0.39, 0.29) is 0 Å². The summed E-state index contributed by atoms with van der Waals surface area (Å²) in [5.74, 6) is -0.896. The second-order valence-electron chi connectivity index (χ2n) is 2.78. The van der Waals surface area contributed by atoms with Crippen LogP contribution in [0.5, 0.6) is 0 Å². The quantitative estimate of drug-likeness (QED) is 0.631. The molecule has 0 radical (unpaired) electrons. The van der Waals surface area contributed by atoms with E-state index in [9.17, 15) is 4.39 Å². The Labute approximate surface area is 66.7 Å². The third kappa shape index (κ3) is 2.14. The van der Waals surface area contributed by atoms with Crippen LogP contribution in [0.2, 0.25) is 0 Å². The maximum absolute atomic E-state index is 12.5. The van der Waals surface area contributed by atoms with Crippen molar-refractivity contribution in [2.24, 2.45) is 0 Å². The Morgan fingerprint density at radius 3 is 2.82 bits per heavy atom. The molecule has 1 aliphatic rings. The molecule has 11 heavy (non-hydrogen) atoms. The maximum Gasteiger partial charge on any atom is 0.196 e. The molecule has 0 spiro atoms. The summed E-state index contributed by atoms with van der Waals surface area (Å²) in [4.78, 5) is 0. The highest BCUT2D eigenvalue weighted by Crippen LogP contribution is 2.26. The third-order valence-corrected chi connectivity index (χ3v) is 1.93. The Hall–Kier alpha value is -0.150. The summed E-state index contributed by atoms with van der Waals surface area (Å²) in [5, 5.41) is 0. The molecule has 66 valence electrons. The van der Waals surface area contributed by atoms with Gasteiger partial charge in [0.2, 0.25) is 0 Å². The summed E-state index contributed by atoms with van der Waals surface area (Å²) < 4.78 is 23.0. The van der Waals surface area contributed by atoms with Gasteiger partial charge in [0.25, 0.3) is 0 Å². The SMILES string of the molecule is CCOC1(CF)CCCCO1. The van der Waals surface area contributed by atoms with Crippen molar-refractivity contribution in [2.45, 2.75) is 32.0 Å². The van der Waals surface area contributed by atoms with Crippen LogP contribution in [0.3, 0.4) is 0 Å². The Morgan fingerprint density at radius 2 is 2.36 bits per heavy atom. The summed E-state index contributed by atoms with van der Waals surface area (Å²) in [6, 6.07) is 0. The molecule has 1 saturated heterocycles. The Balaban J connectivity index is 2.42. The first-order valence-electron chi connectivity index (χ1n) is 4.17. The lowest BCUT2D eigenvalue weighted by atomic mass is 10.1. The van der Waals surface area contributed by atoms with E-state index in [4.69, 9.17) is 9.47 Å². The predicted molar refractivity (Wildman–Crippen MR) is 40.1 cm³/mol. The van der Waals surface area contributed by atoms with Crippen LogP contribution in [-0.4, -0.2) is 25.7 Å². The van der Waals surface area contributed by atoms with Gasteiger partial charge in [-0.25, -0.2) is 4.39 Å². The van der Waals surface area contributed by atoms with Gasteiger partial charge in [0.05, 0.1) is 6.61 Å². The number of rotatable bonds is 3.